The highest BCUT2D eigenvalue weighted by atomic mass is 16.5. The van der Waals surface area contributed by atoms with Gasteiger partial charge in [-0.15, -0.1) is 0 Å². The molecule has 4 heteroatoms. The van der Waals surface area contributed by atoms with Crippen molar-refractivity contribution >= 4 is 0 Å². The highest BCUT2D eigenvalue weighted by Gasteiger charge is 2.19. The molecule has 0 amide bonds. The fraction of sp³-hybridized carbons (Fsp3) is 0.786. The average molecular weight is 251 g/mol. The second-order valence-corrected chi connectivity index (χ2v) is 5.60. The van der Waals surface area contributed by atoms with Crippen molar-refractivity contribution in [2.45, 2.75) is 58.7 Å². The number of hydrogen-bond acceptors (Lipinski definition) is 4. The summed E-state index contributed by atoms with van der Waals surface area (Å²) in [5.74, 6) is 0.893. The van der Waals surface area contributed by atoms with Crippen molar-refractivity contribution in [3.63, 3.8) is 0 Å². The Morgan fingerprint density at radius 2 is 2.33 bits per heavy atom. The second kappa shape index (κ2) is 6.34. The monoisotopic (exact) mass is 251 g/mol. The van der Waals surface area contributed by atoms with E-state index in [0.29, 0.717) is 12.1 Å². The Balaban J connectivity index is 1.90. The van der Waals surface area contributed by atoms with E-state index in [1.54, 1.807) is 0 Å². The van der Waals surface area contributed by atoms with Gasteiger partial charge in [-0.1, -0.05) is 11.6 Å². The Bertz CT molecular complexity index is 356. The van der Waals surface area contributed by atoms with Gasteiger partial charge in [0.15, 0.2) is 0 Å². The van der Waals surface area contributed by atoms with Crippen molar-refractivity contribution in [2.24, 2.45) is 0 Å². The fourth-order valence-corrected chi connectivity index (χ4v) is 2.52. The third-order valence-electron chi connectivity index (χ3n) is 3.64. The van der Waals surface area contributed by atoms with Gasteiger partial charge in [-0.3, -0.25) is 4.90 Å². The highest BCUT2D eigenvalue weighted by molar-refractivity contribution is 5.03. The molecule has 102 valence electrons. The first-order valence-corrected chi connectivity index (χ1v) is 7.05. The van der Waals surface area contributed by atoms with E-state index in [0.717, 1.165) is 24.5 Å². The third kappa shape index (κ3) is 3.82. The van der Waals surface area contributed by atoms with Crippen LogP contribution in [-0.4, -0.2) is 35.2 Å². The minimum Gasteiger partial charge on any atom is -0.361 e. The minimum atomic E-state index is 0.533. The topological polar surface area (TPSA) is 41.3 Å². The molecule has 0 aliphatic carbocycles. The van der Waals surface area contributed by atoms with Gasteiger partial charge in [0.1, 0.15) is 5.76 Å². The van der Waals surface area contributed by atoms with E-state index in [1.807, 2.05) is 13.0 Å². The van der Waals surface area contributed by atoms with Gasteiger partial charge in [0.25, 0.3) is 0 Å². The maximum Gasteiger partial charge on any atom is 0.133 e. The van der Waals surface area contributed by atoms with Crippen LogP contribution in [0.5, 0.6) is 0 Å². The summed E-state index contributed by atoms with van der Waals surface area (Å²) >= 11 is 0. The molecule has 18 heavy (non-hydrogen) atoms. The molecule has 1 aromatic rings. The summed E-state index contributed by atoms with van der Waals surface area (Å²) < 4.78 is 5.14. The average Bonchev–Trinajstić information content (AvgIpc) is 2.75. The van der Waals surface area contributed by atoms with Crippen LogP contribution in [-0.2, 0) is 6.54 Å². The summed E-state index contributed by atoms with van der Waals surface area (Å²) in [4.78, 5) is 2.47. The minimum absolute atomic E-state index is 0.533. The van der Waals surface area contributed by atoms with Gasteiger partial charge in [-0.25, -0.2) is 0 Å². The summed E-state index contributed by atoms with van der Waals surface area (Å²) in [6.45, 7) is 9.58. The lowest BCUT2D eigenvalue weighted by molar-refractivity contribution is 0.173. The van der Waals surface area contributed by atoms with Gasteiger partial charge in [-0.2, -0.15) is 0 Å². The van der Waals surface area contributed by atoms with Gasteiger partial charge in [-0.05, 0) is 40.2 Å². The Morgan fingerprint density at radius 1 is 1.50 bits per heavy atom. The molecule has 2 heterocycles. The molecule has 1 aliphatic heterocycles. The van der Waals surface area contributed by atoms with Crippen LogP contribution in [0.4, 0.5) is 0 Å². The van der Waals surface area contributed by atoms with Crippen LogP contribution in [0, 0.1) is 6.92 Å². The molecule has 0 radical (unpaired) electrons. The normalized spacial score (nSPS) is 20.8. The van der Waals surface area contributed by atoms with Crippen molar-refractivity contribution in [3.05, 3.63) is 17.5 Å². The molecule has 1 atom stereocenters. The molecule has 0 saturated carbocycles. The first kappa shape index (κ1) is 13.6. The quantitative estimate of drug-likeness (QED) is 0.872. The van der Waals surface area contributed by atoms with Crippen LogP contribution >= 0.6 is 0 Å². The van der Waals surface area contributed by atoms with Crippen LogP contribution in [0.15, 0.2) is 10.6 Å². The van der Waals surface area contributed by atoms with Crippen LogP contribution in [0.1, 0.15) is 44.6 Å². The van der Waals surface area contributed by atoms with Crippen LogP contribution in [0.3, 0.4) is 0 Å². The molecular formula is C14H25N3O. The predicted molar refractivity (Wildman–Crippen MR) is 72.4 cm³/mol. The summed E-state index contributed by atoms with van der Waals surface area (Å²) in [5.41, 5.74) is 1.04. The van der Waals surface area contributed by atoms with Crippen LogP contribution < -0.4 is 5.32 Å². The first-order valence-electron chi connectivity index (χ1n) is 7.05. The smallest absolute Gasteiger partial charge is 0.133 e. The Kier molecular flexibility index (Phi) is 4.78. The Hall–Kier alpha value is -0.870. The van der Waals surface area contributed by atoms with E-state index < -0.39 is 0 Å². The van der Waals surface area contributed by atoms with Gasteiger partial charge in [0, 0.05) is 31.2 Å². The number of piperidine rings is 1. The number of nitrogens with zero attached hydrogens (tertiary/aromatic N) is 2. The van der Waals surface area contributed by atoms with E-state index in [2.05, 4.69) is 29.2 Å². The van der Waals surface area contributed by atoms with E-state index in [-0.39, 0.29) is 0 Å². The van der Waals surface area contributed by atoms with E-state index >= 15 is 0 Å². The summed E-state index contributed by atoms with van der Waals surface area (Å²) in [6.07, 6.45) is 3.97. The first-order chi connectivity index (χ1) is 8.65. The lowest BCUT2D eigenvalue weighted by Crippen LogP contribution is -2.45. The molecule has 1 unspecified atom stereocenters. The number of hydrogen-bond donors (Lipinski definition) is 1. The van der Waals surface area contributed by atoms with Crippen molar-refractivity contribution in [1.29, 1.82) is 0 Å². The van der Waals surface area contributed by atoms with E-state index in [4.69, 9.17) is 4.52 Å². The lowest BCUT2D eigenvalue weighted by Gasteiger charge is -2.32. The second-order valence-electron chi connectivity index (χ2n) is 5.60. The molecule has 1 saturated heterocycles. The van der Waals surface area contributed by atoms with E-state index in [9.17, 15) is 0 Å². The summed E-state index contributed by atoms with van der Waals surface area (Å²) in [6, 6.07) is 3.20. The largest absolute Gasteiger partial charge is 0.361 e. The number of aromatic nitrogens is 1. The zero-order valence-corrected chi connectivity index (χ0v) is 11.8. The van der Waals surface area contributed by atoms with Crippen LogP contribution in [0.2, 0.25) is 0 Å². The predicted octanol–water partition coefficient (Wildman–Crippen LogP) is 2.34. The molecule has 2 rings (SSSR count). The number of aryl methyl sites for hydroxylation is 1. The fourth-order valence-electron chi connectivity index (χ4n) is 2.52. The summed E-state index contributed by atoms with van der Waals surface area (Å²) in [5, 5.41) is 7.70. The molecule has 4 nitrogen and oxygen atoms in total. The maximum atomic E-state index is 5.14. The molecule has 0 spiro atoms. The van der Waals surface area contributed by atoms with Gasteiger partial charge < -0.3 is 9.84 Å². The zero-order chi connectivity index (χ0) is 13.0. The maximum absolute atomic E-state index is 5.14. The third-order valence-corrected chi connectivity index (χ3v) is 3.64. The van der Waals surface area contributed by atoms with Gasteiger partial charge in [0.05, 0.1) is 5.69 Å². The number of rotatable bonds is 5. The van der Waals surface area contributed by atoms with Crippen molar-refractivity contribution in [1.82, 2.24) is 15.4 Å². The van der Waals surface area contributed by atoms with Gasteiger partial charge >= 0.3 is 0 Å². The van der Waals surface area contributed by atoms with Crippen molar-refractivity contribution in [2.75, 3.05) is 13.1 Å². The molecular weight excluding hydrogens is 226 g/mol. The zero-order valence-electron chi connectivity index (χ0n) is 11.8. The van der Waals surface area contributed by atoms with Crippen molar-refractivity contribution in [3.8, 4) is 0 Å². The molecule has 0 aromatic carbocycles. The highest BCUT2D eigenvalue weighted by Crippen LogP contribution is 2.13. The standard InChI is InChI=1S/C14H25N3O/c1-11(2)17(9-13-6-4-5-7-15-13)10-14-8-12(3)18-16-14/h8,11,13,15H,4-7,9-10H2,1-3H3. The SMILES string of the molecule is Cc1cc(CN(CC2CCCCN2)C(C)C)no1. The summed E-state index contributed by atoms with van der Waals surface area (Å²) in [7, 11) is 0. The lowest BCUT2D eigenvalue weighted by atomic mass is 10.0. The van der Waals surface area contributed by atoms with Crippen molar-refractivity contribution < 1.29 is 4.52 Å². The van der Waals surface area contributed by atoms with Crippen LogP contribution in [0.25, 0.3) is 0 Å². The molecule has 0 bridgehead atoms. The Labute approximate surface area is 110 Å². The Morgan fingerprint density at radius 3 is 2.89 bits per heavy atom. The van der Waals surface area contributed by atoms with E-state index in [1.165, 1.54) is 25.8 Å². The number of nitrogens with one attached hydrogen (secondary N) is 1. The molecule has 1 fully saturated rings. The van der Waals surface area contributed by atoms with Gasteiger partial charge in [0.2, 0.25) is 0 Å². The molecule has 1 N–H and O–H groups in total. The molecule has 1 aromatic heterocycles. The molecule has 1 aliphatic rings.